The molecule has 22 heavy (non-hydrogen) atoms. The molecule has 0 aromatic heterocycles. The zero-order valence-corrected chi connectivity index (χ0v) is 13.8. The van der Waals surface area contributed by atoms with Gasteiger partial charge in [-0.2, -0.15) is 0 Å². The first-order chi connectivity index (χ1) is 10.3. The summed E-state index contributed by atoms with van der Waals surface area (Å²) in [6.07, 6.45) is 3.33. The summed E-state index contributed by atoms with van der Waals surface area (Å²) in [5, 5.41) is 3.44. The van der Waals surface area contributed by atoms with Gasteiger partial charge >= 0.3 is 0 Å². The zero-order valence-electron chi connectivity index (χ0n) is 13.1. The first-order valence-electron chi connectivity index (χ1n) is 7.20. The molecule has 0 atom stereocenters. The minimum absolute atomic E-state index is 0.133. The topological polar surface area (TPSA) is 29.1 Å². The highest BCUT2D eigenvalue weighted by molar-refractivity contribution is 6.30. The van der Waals surface area contributed by atoms with Crippen LogP contribution in [0, 0.1) is 0 Å². The number of carbonyl (C=O) groups is 1. The van der Waals surface area contributed by atoms with E-state index >= 15 is 0 Å². The average molecular weight is 314 g/mol. The van der Waals surface area contributed by atoms with Crippen molar-refractivity contribution in [3.63, 3.8) is 0 Å². The molecule has 0 fully saturated rings. The van der Waals surface area contributed by atoms with Crippen LogP contribution in [-0.2, 0) is 10.2 Å². The summed E-state index contributed by atoms with van der Waals surface area (Å²) in [5.74, 6) is -0.165. The van der Waals surface area contributed by atoms with Gasteiger partial charge in [0, 0.05) is 16.8 Å². The molecule has 0 aliphatic carbocycles. The Morgan fingerprint density at radius 3 is 2.14 bits per heavy atom. The SMILES string of the molecule is CC(C)(C)c1ccc(C=CC(=O)Nc2ccc(Cl)cc2)cc1. The van der Waals surface area contributed by atoms with Crippen molar-refractivity contribution in [2.75, 3.05) is 5.32 Å². The van der Waals surface area contributed by atoms with Crippen molar-refractivity contribution in [1.29, 1.82) is 0 Å². The van der Waals surface area contributed by atoms with Gasteiger partial charge in [-0.15, -0.1) is 0 Å². The molecule has 2 nitrogen and oxygen atoms in total. The van der Waals surface area contributed by atoms with Gasteiger partial charge in [-0.1, -0.05) is 56.6 Å². The highest BCUT2D eigenvalue weighted by Crippen LogP contribution is 2.22. The molecule has 2 rings (SSSR count). The maximum absolute atomic E-state index is 11.9. The molecule has 2 aromatic carbocycles. The van der Waals surface area contributed by atoms with E-state index in [9.17, 15) is 4.79 Å². The molecule has 0 bridgehead atoms. The Labute approximate surface area is 136 Å². The molecule has 3 heteroatoms. The fraction of sp³-hybridized carbons (Fsp3) is 0.211. The lowest BCUT2D eigenvalue weighted by atomic mass is 9.87. The van der Waals surface area contributed by atoms with Gasteiger partial charge in [-0.25, -0.2) is 0 Å². The van der Waals surface area contributed by atoms with Gasteiger partial charge in [0.05, 0.1) is 0 Å². The number of hydrogen-bond acceptors (Lipinski definition) is 1. The van der Waals surface area contributed by atoms with Gasteiger partial charge in [-0.3, -0.25) is 4.79 Å². The number of hydrogen-bond donors (Lipinski definition) is 1. The third-order valence-corrected chi connectivity index (χ3v) is 3.57. The van der Waals surface area contributed by atoms with E-state index in [1.807, 2.05) is 12.1 Å². The van der Waals surface area contributed by atoms with Crippen LogP contribution in [-0.4, -0.2) is 5.91 Å². The summed E-state index contributed by atoms with van der Waals surface area (Å²) in [4.78, 5) is 11.9. The molecule has 1 N–H and O–H groups in total. The Hall–Kier alpha value is -2.06. The average Bonchev–Trinajstić information content (AvgIpc) is 2.47. The number of nitrogens with one attached hydrogen (secondary N) is 1. The van der Waals surface area contributed by atoms with Gasteiger partial charge < -0.3 is 5.32 Å². The molecule has 0 aliphatic heterocycles. The predicted octanol–water partition coefficient (Wildman–Crippen LogP) is 5.29. The Balaban J connectivity index is 1.99. The molecular formula is C19H20ClNO. The molecule has 0 spiro atoms. The highest BCUT2D eigenvalue weighted by Gasteiger charge is 2.12. The number of halogens is 1. The molecule has 0 unspecified atom stereocenters. The fourth-order valence-corrected chi connectivity index (χ4v) is 2.11. The molecular weight excluding hydrogens is 294 g/mol. The number of rotatable bonds is 3. The van der Waals surface area contributed by atoms with Crippen molar-refractivity contribution in [3.8, 4) is 0 Å². The maximum Gasteiger partial charge on any atom is 0.248 e. The number of benzene rings is 2. The summed E-state index contributed by atoms with van der Waals surface area (Å²) >= 11 is 5.81. The lowest BCUT2D eigenvalue weighted by Gasteiger charge is -2.18. The van der Waals surface area contributed by atoms with Crippen LogP contribution in [0.1, 0.15) is 31.9 Å². The van der Waals surface area contributed by atoms with Crippen LogP contribution < -0.4 is 5.32 Å². The van der Waals surface area contributed by atoms with Crippen LogP contribution in [0.15, 0.2) is 54.6 Å². The van der Waals surface area contributed by atoms with Crippen molar-refractivity contribution in [2.24, 2.45) is 0 Å². The van der Waals surface area contributed by atoms with E-state index in [4.69, 9.17) is 11.6 Å². The molecule has 0 saturated heterocycles. The standard InChI is InChI=1S/C19H20ClNO/c1-19(2,3)15-7-4-14(5-8-15)6-13-18(22)21-17-11-9-16(20)10-12-17/h4-13H,1-3H3,(H,21,22). The van der Waals surface area contributed by atoms with Gasteiger partial charge in [-0.05, 0) is 46.9 Å². The van der Waals surface area contributed by atoms with Crippen molar-refractivity contribution < 1.29 is 4.79 Å². The smallest absolute Gasteiger partial charge is 0.248 e. The Kier molecular flexibility index (Phi) is 5.04. The van der Waals surface area contributed by atoms with E-state index in [1.54, 1.807) is 30.3 Å². The van der Waals surface area contributed by atoms with Crippen LogP contribution >= 0.6 is 11.6 Å². The van der Waals surface area contributed by atoms with Gasteiger partial charge in [0.2, 0.25) is 5.91 Å². The van der Waals surface area contributed by atoms with Crippen molar-refractivity contribution in [2.45, 2.75) is 26.2 Å². The second kappa shape index (κ2) is 6.80. The first kappa shape index (κ1) is 16.3. The third-order valence-electron chi connectivity index (χ3n) is 3.32. The zero-order chi connectivity index (χ0) is 16.2. The second-order valence-corrected chi connectivity index (χ2v) is 6.64. The summed E-state index contributed by atoms with van der Waals surface area (Å²) in [7, 11) is 0. The van der Waals surface area contributed by atoms with E-state index < -0.39 is 0 Å². The largest absolute Gasteiger partial charge is 0.323 e. The monoisotopic (exact) mass is 313 g/mol. The van der Waals surface area contributed by atoms with Crippen molar-refractivity contribution in [3.05, 3.63) is 70.8 Å². The van der Waals surface area contributed by atoms with Gasteiger partial charge in [0.1, 0.15) is 0 Å². The number of anilines is 1. The summed E-state index contributed by atoms with van der Waals surface area (Å²) < 4.78 is 0. The van der Waals surface area contributed by atoms with Crippen LogP contribution in [0.5, 0.6) is 0 Å². The van der Waals surface area contributed by atoms with E-state index in [0.717, 1.165) is 11.3 Å². The molecule has 114 valence electrons. The predicted molar refractivity (Wildman–Crippen MR) is 94.3 cm³/mol. The Morgan fingerprint density at radius 1 is 1.00 bits per heavy atom. The molecule has 0 heterocycles. The fourth-order valence-electron chi connectivity index (χ4n) is 1.98. The third kappa shape index (κ3) is 4.74. The van der Waals surface area contributed by atoms with E-state index in [-0.39, 0.29) is 11.3 Å². The molecule has 0 saturated carbocycles. The van der Waals surface area contributed by atoms with E-state index in [0.29, 0.717) is 5.02 Å². The van der Waals surface area contributed by atoms with Crippen LogP contribution in [0.25, 0.3) is 6.08 Å². The Bertz CT molecular complexity index is 664. The van der Waals surface area contributed by atoms with Crippen LogP contribution in [0.2, 0.25) is 5.02 Å². The summed E-state index contributed by atoms with van der Waals surface area (Å²) in [5.41, 5.74) is 3.13. The summed E-state index contributed by atoms with van der Waals surface area (Å²) in [6.45, 7) is 6.53. The molecule has 0 aliphatic rings. The molecule has 0 radical (unpaired) electrons. The number of carbonyl (C=O) groups excluding carboxylic acids is 1. The van der Waals surface area contributed by atoms with Crippen molar-refractivity contribution >= 4 is 29.3 Å². The number of amides is 1. The Morgan fingerprint density at radius 2 is 1.59 bits per heavy atom. The van der Waals surface area contributed by atoms with Crippen LogP contribution in [0.4, 0.5) is 5.69 Å². The van der Waals surface area contributed by atoms with Crippen LogP contribution in [0.3, 0.4) is 0 Å². The molecule has 2 aromatic rings. The van der Waals surface area contributed by atoms with Gasteiger partial charge in [0.25, 0.3) is 0 Å². The van der Waals surface area contributed by atoms with E-state index in [2.05, 4.69) is 38.2 Å². The quantitative estimate of drug-likeness (QED) is 0.766. The lowest BCUT2D eigenvalue weighted by molar-refractivity contribution is -0.111. The highest BCUT2D eigenvalue weighted by atomic mass is 35.5. The lowest BCUT2D eigenvalue weighted by Crippen LogP contribution is -2.10. The first-order valence-corrected chi connectivity index (χ1v) is 7.57. The maximum atomic E-state index is 11.9. The molecule has 1 amide bonds. The van der Waals surface area contributed by atoms with Crippen molar-refractivity contribution in [1.82, 2.24) is 0 Å². The van der Waals surface area contributed by atoms with E-state index in [1.165, 1.54) is 11.6 Å². The van der Waals surface area contributed by atoms with Gasteiger partial charge in [0.15, 0.2) is 0 Å². The minimum Gasteiger partial charge on any atom is -0.323 e. The second-order valence-electron chi connectivity index (χ2n) is 6.20. The minimum atomic E-state index is -0.165. The summed E-state index contributed by atoms with van der Waals surface area (Å²) in [6, 6.07) is 15.3. The normalized spacial score (nSPS) is 11.6.